The van der Waals surface area contributed by atoms with Gasteiger partial charge >= 0.3 is 0 Å². The molecule has 0 aliphatic carbocycles. The van der Waals surface area contributed by atoms with Gasteiger partial charge in [0, 0.05) is 56.6 Å². The highest BCUT2D eigenvalue weighted by Gasteiger charge is 2.27. The number of rotatable bonds is 5. The van der Waals surface area contributed by atoms with E-state index in [9.17, 15) is 13.6 Å². The molecule has 1 N–H and O–H groups in total. The zero-order chi connectivity index (χ0) is 20.4. The highest BCUT2D eigenvalue weighted by Crippen LogP contribution is 2.24. The van der Waals surface area contributed by atoms with Gasteiger partial charge in [0.2, 0.25) is 5.82 Å². The van der Waals surface area contributed by atoms with Gasteiger partial charge in [-0.25, -0.2) is 18.7 Å². The summed E-state index contributed by atoms with van der Waals surface area (Å²) >= 11 is 0. The van der Waals surface area contributed by atoms with Crippen molar-refractivity contribution in [3.8, 4) is 0 Å². The first-order valence-electron chi connectivity index (χ1n) is 9.26. The minimum Gasteiger partial charge on any atom is -0.355 e. The van der Waals surface area contributed by atoms with Gasteiger partial charge in [-0.2, -0.15) is 0 Å². The van der Waals surface area contributed by atoms with Gasteiger partial charge in [0.25, 0.3) is 5.91 Å². The van der Waals surface area contributed by atoms with E-state index in [1.165, 1.54) is 23.1 Å². The number of carbonyl (C=O) groups is 1. The Kier molecular flexibility index (Phi) is 5.88. The summed E-state index contributed by atoms with van der Waals surface area (Å²) in [4.78, 5) is 24.6. The number of nitrogens with zero attached hydrogens (tertiary/aromatic N) is 4. The highest BCUT2D eigenvalue weighted by molar-refractivity contribution is 5.90. The van der Waals surface area contributed by atoms with Gasteiger partial charge < -0.3 is 15.1 Å². The Morgan fingerprint density at radius 1 is 1.25 bits per heavy atom. The van der Waals surface area contributed by atoms with Crippen molar-refractivity contribution in [2.24, 2.45) is 0 Å². The van der Waals surface area contributed by atoms with Crippen molar-refractivity contribution in [1.82, 2.24) is 20.2 Å². The summed E-state index contributed by atoms with van der Waals surface area (Å²) in [6.07, 6.45) is 0.815. The Labute approximate surface area is 163 Å². The number of halogens is 2. The Hall–Kier alpha value is -2.61. The third-order valence-electron chi connectivity index (χ3n) is 5.08. The van der Waals surface area contributed by atoms with Crippen molar-refractivity contribution >= 4 is 11.7 Å². The molecule has 150 valence electrons. The van der Waals surface area contributed by atoms with Crippen molar-refractivity contribution in [3.05, 3.63) is 52.5 Å². The molecule has 1 aliphatic rings. The summed E-state index contributed by atoms with van der Waals surface area (Å²) in [6, 6.07) is 3.95. The van der Waals surface area contributed by atoms with E-state index in [1.54, 1.807) is 14.1 Å². The van der Waals surface area contributed by atoms with Crippen molar-refractivity contribution < 1.29 is 13.6 Å². The summed E-state index contributed by atoms with van der Waals surface area (Å²) < 4.78 is 27.6. The minimum atomic E-state index is -0.545. The maximum Gasteiger partial charge on any atom is 0.291 e. The van der Waals surface area contributed by atoms with Crippen LogP contribution in [-0.2, 0) is 6.54 Å². The summed E-state index contributed by atoms with van der Waals surface area (Å²) in [7, 11) is 3.33. The van der Waals surface area contributed by atoms with Crippen LogP contribution in [0.4, 0.5) is 14.6 Å². The number of hydrogen-bond acceptors (Lipinski definition) is 5. The zero-order valence-corrected chi connectivity index (χ0v) is 16.6. The lowest BCUT2D eigenvalue weighted by Crippen LogP contribution is -2.33. The molecule has 8 heteroatoms. The van der Waals surface area contributed by atoms with Crippen molar-refractivity contribution in [2.45, 2.75) is 32.9 Å². The van der Waals surface area contributed by atoms with Crippen LogP contribution in [0.15, 0.2) is 18.2 Å². The predicted octanol–water partition coefficient (Wildman–Crippen LogP) is 2.44. The molecule has 3 rings (SSSR count). The van der Waals surface area contributed by atoms with E-state index in [2.05, 4.69) is 20.2 Å². The molecule has 1 amide bonds. The van der Waals surface area contributed by atoms with E-state index in [-0.39, 0.29) is 29.9 Å². The molecule has 0 radical (unpaired) electrons. The molecule has 0 unspecified atom stereocenters. The van der Waals surface area contributed by atoms with Gasteiger partial charge in [-0.15, -0.1) is 0 Å². The van der Waals surface area contributed by atoms with Gasteiger partial charge in [0.1, 0.15) is 17.5 Å². The highest BCUT2D eigenvalue weighted by atomic mass is 19.1. The Bertz CT molecular complexity index is 867. The van der Waals surface area contributed by atoms with Crippen LogP contribution in [-0.4, -0.2) is 54.0 Å². The van der Waals surface area contributed by atoms with Crippen LogP contribution in [0.1, 0.15) is 33.9 Å². The second-order valence-electron chi connectivity index (χ2n) is 7.29. The Balaban J connectivity index is 1.72. The molecule has 1 aliphatic heterocycles. The van der Waals surface area contributed by atoms with Crippen LogP contribution in [0.25, 0.3) is 0 Å². The molecule has 1 saturated heterocycles. The third kappa shape index (κ3) is 4.11. The molecule has 0 spiro atoms. The lowest BCUT2D eigenvalue weighted by molar-refractivity contribution is 0.0815. The predicted molar refractivity (Wildman–Crippen MR) is 103 cm³/mol. The first-order valence-corrected chi connectivity index (χ1v) is 9.26. The number of aryl methyl sites for hydroxylation is 1. The average molecular weight is 389 g/mol. The molecule has 1 aromatic carbocycles. The van der Waals surface area contributed by atoms with Gasteiger partial charge in [-0.1, -0.05) is 6.07 Å². The number of anilines is 1. The van der Waals surface area contributed by atoms with E-state index in [4.69, 9.17) is 0 Å². The lowest BCUT2D eigenvalue weighted by Gasteiger charge is -2.22. The number of carbonyl (C=O) groups excluding carboxylic acids is 1. The SMILES string of the molecule is Cc1nc(C(=O)N(C)C)nc(N2CC[C@@H](NCc3c(F)cccc3F)C2)c1C. The largest absolute Gasteiger partial charge is 0.355 e. The quantitative estimate of drug-likeness (QED) is 0.851. The summed E-state index contributed by atoms with van der Waals surface area (Å²) in [5.74, 6) is -0.423. The maximum absolute atomic E-state index is 13.8. The smallest absolute Gasteiger partial charge is 0.291 e. The van der Waals surface area contributed by atoms with Crippen LogP contribution in [0.5, 0.6) is 0 Å². The first-order chi connectivity index (χ1) is 13.3. The standard InChI is InChI=1S/C20H25F2N5O/c1-12-13(2)24-18(20(28)26(3)4)25-19(12)27-9-8-14(11-27)23-10-15-16(21)6-5-7-17(15)22/h5-7,14,23H,8-11H2,1-4H3/t14-/m1/s1. The molecule has 1 atom stereocenters. The topological polar surface area (TPSA) is 61.4 Å². The number of aromatic nitrogens is 2. The fourth-order valence-corrected chi connectivity index (χ4v) is 3.28. The normalized spacial score (nSPS) is 16.5. The molecule has 1 aromatic heterocycles. The van der Waals surface area contributed by atoms with E-state index < -0.39 is 11.6 Å². The van der Waals surface area contributed by atoms with E-state index in [0.717, 1.165) is 30.0 Å². The molecule has 0 saturated carbocycles. The molecule has 6 nitrogen and oxygen atoms in total. The van der Waals surface area contributed by atoms with Crippen LogP contribution in [0.3, 0.4) is 0 Å². The average Bonchev–Trinajstić information content (AvgIpc) is 3.11. The van der Waals surface area contributed by atoms with E-state index in [1.807, 2.05) is 13.8 Å². The third-order valence-corrected chi connectivity index (χ3v) is 5.08. The van der Waals surface area contributed by atoms with Gasteiger partial charge in [0.05, 0.1) is 0 Å². The molecular weight excluding hydrogens is 364 g/mol. The first kappa shape index (κ1) is 20.1. The Morgan fingerprint density at radius 2 is 1.93 bits per heavy atom. The number of amides is 1. The van der Waals surface area contributed by atoms with Crippen molar-refractivity contribution in [3.63, 3.8) is 0 Å². The van der Waals surface area contributed by atoms with Crippen LogP contribution in [0.2, 0.25) is 0 Å². The van der Waals surface area contributed by atoms with Crippen LogP contribution >= 0.6 is 0 Å². The van der Waals surface area contributed by atoms with Gasteiger partial charge in [0.15, 0.2) is 0 Å². The van der Waals surface area contributed by atoms with Crippen LogP contribution in [0, 0.1) is 25.5 Å². The van der Waals surface area contributed by atoms with Crippen molar-refractivity contribution in [1.29, 1.82) is 0 Å². The summed E-state index contributed by atoms with van der Waals surface area (Å²) in [5, 5.41) is 3.23. The maximum atomic E-state index is 13.8. The fraction of sp³-hybridized carbons (Fsp3) is 0.450. The fourth-order valence-electron chi connectivity index (χ4n) is 3.28. The van der Waals surface area contributed by atoms with Crippen LogP contribution < -0.4 is 10.2 Å². The van der Waals surface area contributed by atoms with Gasteiger partial charge in [-0.3, -0.25) is 4.79 Å². The second-order valence-corrected chi connectivity index (χ2v) is 7.29. The molecule has 0 bridgehead atoms. The second kappa shape index (κ2) is 8.18. The molecule has 1 fully saturated rings. The summed E-state index contributed by atoms with van der Waals surface area (Å²) in [6.45, 7) is 5.31. The molecule has 2 heterocycles. The van der Waals surface area contributed by atoms with Crippen molar-refractivity contribution in [2.75, 3.05) is 32.1 Å². The minimum absolute atomic E-state index is 0.0499. The number of nitrogens with one attached hydrogen (secondary N) is 1. The zero-order valence-electron chi connectivity index (χ0n) is 16.6. The molecule has 28 heavy (non-hydrogen) atoms. The summed E-state index contributed by atoms with van der Waals surface area (Å²) in [5.41, 5.74) is 1.74. The van der Waals surface area contributed by atoms with E-state index >= 15 is 0 Å². The lowest BCUT2D eigenvalue weighted by atomic mass is 10.1. The number of benzene rings is 1. The van der Waals surface area contributed by atoms with E-state index in [0.29, 0.717) is 6.54 Å². The molecule has 2 aromatic rings. The Morgan fingerprint density at radius 3 is 2.57 bits per heavy atom. The number of hydrogen-bond donors (Lipinski definition) is 1. The van der Waals surface area contributed by atoms with Gasteiger partial charge in [-0.05, 0) is 32.4 Å². The monoisotopic (exact) mass is 389 g/mol. The molecular formula is C20H25F2N5O.